The van der Waals surface area contributed by atoms with Gasteiger partial charge in [-0.25, -0.2) is 0 Å². The number of benzene rings is 2. The molecule has 2 fully saturated rings. The molecule has 5 atom stereocenters. The van der Waals surface area contributed by atoms with E-state index in [2.05, 4.69) is 5.32 Å². The summed E-state index contributed by atoms with van der Waals surface area (Å²) in [5, 5.41) is 3.40. The largest absolute Gasteiger partial charge is 0.383 e. The van der Waals surface area contributed by atoms with Crippen LogP contribution in [-0.4, -0.2) is 43.0 Å². The summed E-state index contributed by atoms with van der Waals surface area (Å²) < 4.78 is 5.31. The molecule has 5 nitrogen and oxygen atoms in total. The Kier molecular flexibility index (Phi) is 5.53. The molecule has 162 valence electrons. The molecule has 2 aromatic rings. The first-order chi connectivity index (χ1) is 15.2. The standard InChI is InChI=1S/C26H30N2O3/c1-31-14-13-28-24(18-7-3-2-4-8-18)23(20-9-5-6-10-21(20)26(28)30)25(29)27-22-16-17-11-12-19(22)15-17/h2-10,17,19,22-24H,11-16H2,1H3,(H,27,29). The third kappa shape index (κ3) is 3.65. The number of methoxy groups -OCH3 is 1. The summed E-state index contributed by atoms with van der Waals surface area (Å²) in [6.45, 7) is 0.874. The van der Waals surface area contributed by atoms with Crippen LogP contribution in [0.25, 0.3) is 0 Å². The second kappa shape index (κ2) is 8.46. The van der Waals surface area contributed by atoms with Crippen molar-refractivity contribution in [2.45, 2.75) is 43.7 Å². The van der Waals surface area contributed by atoms with Gasteiger partial charge < -0.3 is 15.0 Å². The number of amides is 2. The zero-order valence-electron chi connectivity index (χ0n) is 18.0. The van der Waals surface area contributed by atoms with E-state index in [4.69, 9.17) is 4.74 Å². The van der Waals surface area contributed by atoms with Gasteiger partial charge in [-0.2, -0.15) is 0 Å². The van der Waals surface area contributed by atoms with Crippen molar-refractivity contribution in [1.82, 2.24) is 10.2 Å². The van der Waals surface area contributed by atoms with Crippen LogP contribution >= 0.6 is 0 Å². The number of rotatable bonds is 6. The highest BCUT2D eigenvalue weighted by atomic mass is 16.5. The first-order valence-corrected chi connectivity index (χ1v) is 11.4. The molecule has 1 N–H and O–H groups in total. The Morgan fingerprint density at radius 2 is 1.84 bits per heavy atom. The molecule has 0 aromatic heterocycles. The summed E-state index contributed by atoms with van der Waals surface area (Å²) in [5.41, 5.74) is 2.43. The maximum atomic E-state index is 13.8. The van der Waals surface area contributed by atoms with Gasteiger partial charge in [-0.15, -0.1) is 0 Å². The average molecular weight is 419 g/mol. The lowest BCUT2D eigenvalue weighted by atomic mass is 9.78. The normalized spacial score (nSPS) is 29.1. The quantitative estimate of drug-likeness (QED) is 0.774. The van der Waals surface area contributed by atoms with Crippen molar-refractivity contribution in [2.24, 2.45) is 11.8 Å². The molecule has 5 heteroatoms. The van der Waals surface area contributed by atoms with E-state index in [0.717, 1.165) is 23.5 Å². The van der Waals surface area contributed by atoms with Crippen molar-refractivity contribution in [2.75, 3.05) is 20.3 Å². The van der Waals surface area contributed by atoms with Crippen molar-refractivity contribution >= 4 is 11.8 Å². The van der Waals surface area contributed by atoms with Crippen molar-refractivity contribution in [1.29, 1.82) is 0 Å². The van der Waals surface area contributed by atoms with Gasteiger partial charge in [-0.1, -0.05) is 55.0 Å². The molecule has 5 rings (SSSR count). The lowest BCUT2D eigenvalue weighted by Crippen LogP contribution is -2.50. The molecule has 1 heterocycles. The fourth-order valence-electron chi connectivity index (χ4n) is 6.03. The number of nitrogens with one attached hydrogen (secondary N) is 1. The second-order valence-corrected chi connectivity index (χ2v) is 9.20. The SMILES string of the molecule is COCCN1C(=O)c2ccccc2C(C(=O)NC2CC3CCC2C3)C1c1ccccc1. The Morgan fingerprint density at radius 3 is 2.55 bits per heavy atom. The number of fused-ring (bicyclic) bond motifs is 3. The minimum absolute atomic E-state index is 0.0359. The summed E-state index contributed by atoms with van der Waals surface area (Å²) in [6, 6.07) is 17.4. The summed E-state index contributed by atoms with van der Waals surface area (Å²) in [6.07, 6.45) is 4.85. The van der Waals surface area contributed by atoms with E-state index in [0.29, 0.717) is 24.6 Å². The average Bonchev–Trinajstić information content (AvgIpc) is 3.42. The van der Waals surface area contributed by atoms with Crippen LogP contribution in [0, 0.1) is 11.8 Å². The molecule has 2 aromatic carbocycles. The van der Waals surface area contributed by atoms with E-state index in [1.54, 1.807) is 7.11 Å². The van der Waals surface area contributed by atoms with Crippen LogP contribution in [0.3, 0.4) is 0 Å². The number of hydrogen-bond acceptors (Lipinski definition) is 3. The maximum absolute atomic E-state index is 13.8. The van der Waals surface area contributed by atoms with Gasteiger partial charge in [-0.05, 0) is 48.3 Å². The summed E-state index contributed by atoms with van der Waals surface area (Å²) in [7, 11) is 1.64. The summed E-state index contributed by atoms with van der Waals surface area (Å²) >= 11 is 0. The van der Waals surface area contributed by atoms with Crippen molar-refractivity contribution in [3.63, 3.8) is 0 Å². The van der Waals surface area contributed by atoms with Gasteiger partial charge >= 0.3 is 0 Å². The van der Waals surface area contributed by atoms with Crippen LogP contribution in [0.4, 0.5) is 0 Å². The third-order valence-electron chi connectivity index (χ3n) is 7.46. The molecular weight excluding hydrogens is 388 g/mol. The highest BCUT2D eigenvalue weighted by molar-refractivity contribution is 6.01. The predicted octanol–water partition coefficient (Wildman–Crippen LogP) is 3.92. The molecule has 0 saturated heterocycles. The van der Waals surface area contributed by atoms with E-state index in [1.165, 1.54) is 19.3 Å². The van der Waals surface area contributed by atoms with Crippen LogP contribution in [0.15, 0.2) is 54.6 Å². The molecule has 1 aliphatic heterocycles. The molecule has 2 aliphatic carbocycles. The van der Waals surface area contributed by atoms with Crippen molar-refractivity contribution < 1.29 is 14.3 Å². The Balaban J connectivity index is 1.55. The monoisotopic (exact) mass is 418 g/mol. The molecule has 0 radical (unpaired) electrons. The molecule has 2 saturated carbocycles. The molecule has 31 heavy (non-hydrogen) atoms. The fourth-order valence-corrected chi connectivity index (χ4v) is 6.03. The minimum Gasteiger partial charge on any atom is -0.383 e. The number of carbonyl (C=O) groups is 2. The molecule has 0 spiro atoms. The van der Waals surface area contributed by atoms with Crippen molar-refractivity contribution in [3.05, 3.63) is 71.3 Å². The molecule has 5 unspecified atom stereocenters. The highest BCUT2D eigenvalue weighted by Crippen LogP contribution is 2.46. The molecule has 2 amide bonds. The van der Waals surface area contributed by atoms with Crippen LogP contribution in [0.2, 0.25) is 0 Å². The summed E-state index contributed by atoms with van der Waals surface area (Å²) in [5.74, 6) is 0.930. The molecule has 3 aliphatic rings. The maximum Gasteiger partial charge on any atom is 0.254 e. The van der Waals surface area contributed by atoms with E-state index in [-0.39, 0.29) is 23.9 Å². The topological polar surface area (TPSA) is 58.6 Å². The Hall–Kier alpha value is -2.66. The number of hydrogen-bond donors (Lipinski definition) is 1. The van der Waals surface area contributed by atoms with Gasteiger partial charge in [0.25, 0.3) is 5.91 Å². The lowest BCUT2D eigenvalue weighted by Gasteiger charge is -2.42. The van der Waals surface area contributed by atoms with Crippen LogP contribution < -0.4 is 5.32 Å². The number of carbonyl (C=O) groups excluding carboxylic acids is 2. The van der Waals surface area contributed by atoms with Gasteiger partial charge in [0.2, 0.25) is 5.91 Å². The van der Waals surface area contributed by atoms with Gasteiger partial charge in [-0.3, -0.25) is 9.59 Å². The molecular formula is C26H30N2O3. The van der Waals surface area contributed by atoms with E-state index < -0.39 is 5.92 Å². The predicted molar refractivity (Wildman–Crippen MR) is 119 cm³/mol. The molecule has 2 bridgehead atoms. The van der Waals surface area contributed by atoms with Gasteiger partial charge in [0.05, 0.1) is 18.6 Å². The fraction of sp³-hybridized carbons (Fsp3) is 0.462. The second-order valence-electron chi connectivity index (χ2n) is 9.20. The zero-order chi connectivity index (χ0) is 21.4. The lowest BCUT2D eigenvalue weighted by molar-refractivity contribution is -0.125. The van der Waals surface area contributed by atoms with Gasteiger partial charge in [0.15, 0.2) is 0 Å². The number of ether oxygens (including phenoxy) is 1. The van der Waals surface area contributed by atoms with E-state index in [1.807, 2.05) is 59.5 Å². The van der Waals surface area contributed by atoms with Gasteiger partial charge in [0, 0.05) is 25.3 Å². The Morgan fingerprint density at radius 1 is 1.06 bits per heavy atom. The highest BCUT2D eigenvalue weighted by Gasteiger charge is 2.46. The Bertz CT molecular complexity index is 960. The zero-order valence-corrected chi connectivity index (χ0v) is 18.0. The third-order valence-corrected chi connectivity index (χ3v) is 7.46. The first kappa shape index (κ1) is 20.3. The first-order valence-electron chi connectivity index (χ1n) is 11.4. The van der Waals surface area contributed by atoms with E-state index >= 15 is 0 Å². The number of nitrogens with zero attached hydrogens (tertiary/aromatic N) is 1. The van der Waals surface area contributed by atoms with Crippen LogP contribution in [0.5, 0.6) is 0 Å². The Labute approximate surface area is 183 Å². The van der Waals surface area contributed by atoms with Gasteiger partial charge in [0.1, 0.15) is 0 Å². The smallest absolute Gasteiger partial charge is 0.254 e. The van der Waals surface area contributed by atoms with Crippen LogP contribution in [0.1, 0.15) is 59.1 Å². The van der Waals surface area contributed by atoms with Crippen molar-refractivity contribution in [3.8, 4) is 0 Å². The minimum atomic E-state index is -0.438. The summed E-state index contributed by atoms with van der Waals surface area (Å²) in [4.78, 5) is 29.1. The van der Waals surface area contributed by atoms with Crippen LogP contribution in [-0.2, 0) is 9.53 Å². The van der Waals surface area contributed by atoms with E-state index in [9.17, 15) is 9.59 Å².